The molecule has 0 aliphatic carbocycles. The Hall–Kier alpha value is -2.56. The van der Waals surface area contributed by atoms with Crippen LogP contribution < -0.4 is 10.1 Å². The van der Waals surface area contributed by atoms with E-state index in [1.807, 2.05) is 30.3 Å². The van der Waals surface area contributed by atoms with Crippen molar-refractivity contribution in [1.29, 1.82) is 0 Å². The van der Waals surface area contributed by atoms with E-state index in [9.17, 15) is 4.79 Å². The number of nitrogens with one attached hydrogen (secondary N) is 1. The molecule has 1 amide bonds. The van der Waals surface area contributed by atoms with Crippen LogP contribution in [0.1, 0.15) is 10.4 Å². The molecule has 3 aromatic rings. The molecule has 0 unspecified atom stereocenters. The lowest BCUT2D eigenvalue weighted by Crippen LogP contribution is -2.12. The van der Waals surface area contributed by atoms with E-state index in [1.54, 1.807) is 24.3 Å². The van der Waals surface area contributed by atoms with Gasteiger partial charge in [-0.25, -0.2) is 4.98 Å². The second-order valence-electron chi connectivity index (χ2n) is 4.88. The lowest BCUT2D eigenvalue weighted by atomic mass is 10.2. The number of anilines is 1. The summed E-state index contributed by atoms with van der Waals surface area (Å²) in [5.41, 5.74) is 0.852. The Kier molecular flexibility index (Phi) is 4.99. The predicted octanol–water partition coefficient (Wildman–Crippen LogP) is 5.43. The Morgan fingerprint density at radius 1 is 1.00 bits per heavy atom. The number of ether oxygens (including phenoxy) is 1. The van der Waals surface area contributed by atoms with Crippen molar-refractivity contribution in [3.63, 3.8) is 0 Å². The third-order valence-electron chi connectivity index (χ3n) is 3.15. The Labute approximate surface area is 149 Å². The number of carbonyl (C=O) groups is 1. The third kappa shape index (κ3) is 4.04. The summed E-state index contributed by atoms with van der Waals surface area (Å²) in [5.74, 6) is 0.806. The lowest BCUT2D eigenvalue weighted by molar-refractivity contribution is 0.102. The second kappa shape index (κ2) is 7.34. The molecule has 3 rings (SSSR count). The SMILES string of the molecule is O=C(Nc1cc(Cl)ccc1Oc1ccccc1)c1ccnc(Cl)c1. The van der Waals surface area contributed by atoms with Gasteiger partial charge < -0.3 is 10.1 Å². The van der Waals surface area contributed by atoms with Crippen LogP contribution in [0.2, 0.25) is 10.2 Å². The molecule has 1 aromatic heterocycles. The molecule has 0 bridgehead atoms. The van der Waals surface area contributed by atoms with Gasteiger partial charge in [-0.1, -0.05) is 41.4 Å². The predicted molar refractivity (Wildman–Crippen MR) is 95.2 cm³/mol. The van der Waals surface area contributed by atoms with E-state index in [-0.39, 0.29) is 11.1 Å². The van der Waals surface area contributed by atoms with E-state index in [2.05, 4.69) is 10.3 Å². The molecular formula is C18H12Cl2N2O2. The lowest BCUT2D eigenvalue weighted by Gasteiger charge is -2.13. The highest BCUT2D eigenvalue weighted by Gasteiger charge is 2.12. The first-order valence-electron chi connectivity index (χ1n) is 7.07. The van der Waals surface area contributed by atoms with E-state index in [4.69, 9.17) is 27.9 Å². The molecule has 0 atom stereocenters. The number of rotatable bonds is 4. The fourth-order valence-corrected chi connectivity index (χ4v) is 2.39. The summed E-state index contributed by atoms with van der Waals surface area (Å²) in [5, 5.41) is 3.51. The summed E-state index contributed by atoms with van der Waals surface area (Å²) in [6, 6.07) is 17.3. The van der Waals surface area contributed by atoms with Gasteiger partial charge in [0.25, 0.3) is 5.91 Å². The summed E-state index contributed by atoms with van der Waals surface area (Å²) in [6.07, 6.45) is 1.47. The zero-order valence-corrected chi connectivity index (χ0v) is 13.9. The van der Waals surface area contributed by atoms with Crippen molar-refractivity contribution in [2.45, 2.75) is 0 Å². The van der Waals surface area contributed by atoms with Crippen molar-refractivity contribution in [3.05, 3.63) is 82.6 Å². The minimum Gasteiger partial charge on any atom is -0.455 e. The van der Waals surface area contributed by atoms with Gasteiger partial charge >= 0.3 is 0 Å². The molecule has 0 aliphatic rings. The van der Waals surface area contributed by atoms with Crippen molar-refractivity contribution >= 4 is 34.8 Å². The Balaban J connectivity index is 1.87. The zero-order chi connectivity index (χ0) is 16.9. The number of benzene rings is 2. The molecule has 0 aliphatic heterocycles. The van der Waals surface area contributed by atoms with Gasteiger partial charge in [-0.3, -0.25) is 4.79 Å². The monoisotopic (exact) mass is 358 g/mol. The first-order chi connectivity index (χ1) is 11.6. The Bertz CT molecular complexity index is 870. The molecule has 0 radical (unpaired) electrons. The minimum atomic E-state index is -0.334. The van der Waals surface area contributed by atoms with Crippen molar-refractivity contribution in [3.8, 4) is 11.5 Å². The molecule has 120 valence electrons. The number of carbonyl (C=O) groups excluding carboxylic acids is 1. The van der Waals surface area contributed by atoms with Crippen LogP contribution in [0.15, 0.2) is 66.9 Å². The maximum Gasteiger partial charge on any atom is 0.255 e. The van der Waals surface area contributed by atoms with E-state index < -0.39 is 0 Å². The number of aromatic nitrogens is 1. The first kappa shape index (κ1) is 16.3. The molecule has 24 heavy (non-hydrogen) atoms. The number of hydrogen-bond acceptors (Lipinski definition) is 3. The number of para-hydroxylation sites is 1. The van der Waals surface area contributed by atoms with Crippen LogP contribution in [0, 0.1) is 0 Å². The van der Waals surface area contributed by atoms with Gasteiger partial charge in [-0.2, -0.15) is 0 Å². The molecule has 4 nitrogen and oxygen atoms in total. The highest BCUT2D eigenvalue weighted by atomic mass is 35.5. The Morgan fingerprint density at radius 2 is 1.79 bits per heavy atom. The Morgan fingerprint density at radius 3 is 2.54 bits per heavy atom. The van der Waals surface area contributed by atoms with Crippen LogP contribution >= 0.6 is 23.2 Å². The molecule has 0 spiro atoms. The summed E-state index contributed by atoms with van der Waals surface area (Å²) in [7, 11) is 0. The molecule has 2 aromatic carbocycles. The number of pyridine rings is 1. The fraction of sp³-hybridized carbons (Fsp3) is 0. The van der Waals surface area contributed by atoms with Gasteiger partial charge in [-0.05, 0) is 42.5 Å². The van der Waals surface area contributed by atoms with Crippen LogP contribution in [0.5, 0.6) is 11.5 Å². The van der Waals surface area contributed by atoms with Gasteiger partial charge in [0.1, 0.15) is 10.9 Å². The highest BCUT2D eigenvalue weighted by molar-refractivity contribution is 6.31. The summed E-state index contributed by atoms with van der Waals surface area (Å²) < 4.78 is 5.81. The van der Waals surface area contributed by atoms with E-state index in [0.29, 0.717) is 27.8 Å². The van der Waals surface area contributed by atoms with Crippen LogP contribution in [0.4, 0.5) is 5.69 Å². The molecule has 1 heterocycles. The van der Waals surface area contributed by atoms with Crippen LogP contribution in [0.25, 0.3) is 0 Å². The fourth-order valence-electron chi connectivity index (χ4n) is 2.04. The smallest absolute Gasteiger partial charge is 0.255 e. The van der Waals surface area contributed by atoms with Crippen molar-refractivity contribution in [1.82, 2.24) is 4.98 Å². The average molecular weight is 359 g/mol. The van der Waals surface area contributed by atoms with E-state index in [0.717, 1.165) is 0 Å². The topological polar surface area (TPSA) is 51.2 Å². The quantitative estimate of drug-likeness (QED) is 0.632. The van der Waals surface area contributed by atoms with E-state index >= 15 is 0 Å². The largest absolute Gasteiger partial charge is 0.455 e. The summed E-state index contributed by atoms with van der Waals surface area (Å²) in [4.78, 5) is 16.2. The van der Waals surface area contributed by atoms with Gasteiger partial charge in [0.05, 0.1) is 5.69 Å². The van der Waals surface area contributed by atoms with E-state index in [1.165, 1.54) is 12.3 Å². The first-order valence-corrected chi connectivity index (χ1v) is 7.83. The number of halogens is 2. The maximum absolute atomic E-state index is 12.4. The maximum atomic E-state index is 12.4. The molecule has 0 saturated carbocycles. The molecule has 1 N–H and O–H groups in total. The minimum absolute atomic E-state index is 0.245. The highest BCUT2D eigenvalue weighted by Crippen LogP contribution is 2.32. The molecule has 6 heteroatoms. The number of amides is 1. The number of hydrogen-bond donors (Lipinski definition) is 1. The van der Waals surface area contributed by atoms with Gasteiger partial charge in [0.2, 0.25) is 0 Å². The number of nitrogens with zero attached hydrogens (tertiary/aromatic N) is 1. The zero-order valence-electron chi connectivity index (χ0n) is 12.4. The van der Waals surface area contributed by atoms with Gasteiger partial charge in [0.15, 0.2) is 5.75 Å². The standard InChI is InChI=1S/C18H12Cl2N2O2/c19-13-6-7-16(24-14-4-2-1-3-5-14)15(11-13)22-18(23)12-8-9-21-17(20)10-12/h1-11H,(H,22,23). The van der Waals surface area contributed by atoms with Crippen molar-refractivity contribution in [2.24, 2.45) is 0 Å². The van der Waals surface area contributed by atoms with Gasteiger partial charge in [0, 0.05) is 16.8 Å². The van der Waals surface area contributed by atoms with Crippen LogP contribution in [0.3, 0.4) is 0 Å². The van der Waals surface area contributed by atoms with Crippen molar-refractivity contribution < 1.29 is 9.53 Å². The van der Waals surface area contributed by atoms with Crippen LogP contribution in [-0.2, 0) is 0 Å². The second-order valence-corrected chi connectivity index (χ2v) is 5.70. The molecule has 0 saturated heterocycles. The van der Waals surface area contributed by atoms with Crippen LogP contribution in [-0.4, -0.2) is 10.9 Å². The summed E-state index contributed by atoms with van der Waals surface area (Å²) >= 11 is 11.9. The average Bonchev–Trinajstić information content (AvgIpc) is 2.58. The van der Waals surface area contributed by atoms with Crippen molar-refractivity contribution in [2.75, 3.05) is 5.32 Å². The van der Waals surface area contributed by atoms with Gasteiger partial charge in [-0.15, -0.1) is 0 Å². The third-order valence-corrected chi connectivity index (χ3v) is 3.59. The molecular weight excluding hydrogens is 347 g/mol. The summed E-state index contributed by atoms with van der Waals surface area (Å²) in [6.45, 7) is 0. The normalized spacial score (nSPS) is 10.2. The molecule has 0 fully saturated rings.